The summed E-state index contributed by atoms with van der Waals surface area (Å²) in [6.07, 6.45) is 3.57. The van der Waals surface area contributed by atoms with Gasteiger partial charge < -0.3 is 16.4 Å². The molecule has 1 aliphatic rings. The van der Waals surface area contributed by atoms with Gasteiger partial charge in [-0.15, -0.1) is 0 Å². The highest BCUT2D eigenvalue weighted by molar-refractivity contribution is 9.10. The molecule has 0 saturated carbocycles. The Balaban J connectivity index is 2.20. The van der Waals surface area contributed by atoms with E-state index in [0.717, 1.165) is 41.7 Å². The zero-order chi connectivity index (χ0) is 16.4. The van der Waals surface area contributed by atoms with Crippen LogP contribution in [0.15, 0.2) is 22.7 Å². The Morgan fingerprint density at radius 2 is 1.87 bits per heavy atom. The van der Waals surface area contributed by atoms with Gasteiger partial charge in [0.1, 0.15) is 17.5 Å². The van der Waals surface area contributed by atoms with E-state index >= 15 is 0 Å². The summed E-state index contributed by atoms with van der Waals surface area (Å²) in [6.45, 7) is 1.99. The Labute approximate surface area is 143 Å². The fraction of sp³-hybridized carbons (Fsp3) is 0.312. The molecule has 1 aromatic carbocycles. The van der Waals surface area contributed by atoms with E-state index < -0.39 is 0 Å². The molecule has 118 valence electrons. The molecule has 1 aliphatic heterocycles. The van der Waals surface area contributed by atoms with Crippen LogP contribution in [0, 0.1) is 11.3 Å². The molecule has 23 heavy (non-hydrogen) atoms. The zero-order valence-electron chi connectivity index (χ0n) is 12.6. The molecule has 0 spiro atoms. The predicted molar refractivity (Wildman–Crippen MR) is 94.8 cm³/mol. The van der Waals surface area contributed by atoms with E-state index in [1.54, 1.807) is 0 Å². The van der Waals surface area contributed by atoms with Crippen LogP contribution in [0.5, 0.6) is 0 Å². The third-order valence-corrected chi connectivity index (χ3v) is 4.47. The fourth-order valence-electron chi connectivity index (χ4n) is 2.91. The summed E-state index contributed by atoms with van der Waals surface area (Å²) < 4.78 is 0.910. The van der Waals surface area contributed by atoms with Crippen molar-refractivity contribution < 1.29 is 0 Å². The maximum Gasteiger partial charge on any atom is 0.222 e. The van der Waals surface area contributed by atoms with Crippen molar-refractivity contribution in [3.05, 3.63) is 28.2 Å². The van der Waals surface area contributed by atoms with Gasteiger partial charge in [0.25, 0.3) is 0 Å². The summed E-state index contributed by atoms with van der Waals surface area (Å²) in [7, 11) is 0. The first-order chi connectivity index (χ1) is 11.1. The molecule has 0 unspecified atom stereocenters. The lowest BCUT2D eigenvalue weighted by atomic mass is 10.0. The van der Waals surface area contributed by atoms with Gasteiger partial charge in [0, 0.05) is 28.8 Å². The Morgan fingerprint density at radius 1 is 1.13 bits per heavy atom. The second-order valence-corrected chi connectivity index (χ2v) is 6.43. The Hall–Kier alpha value is -2.33. The van der Waals surface area contributed by atoms with Gasteiger partial charge in [-0.2, -0.15) is 10.2 Å². The van der Waals surface area contributed by atoms with Crippen molar-refractivity contribution in [2.45, 2.75) is 19.3 Å². The van der Waals surface area contributed by atoms with Gasteiger partial charge in [-0.3, -0.25) is 0 Å². The molecule has 1 aromatic heterocycles. The van der Waals surface area contributed by atoms with Crippen molar-refractivity contribution in [3.63, 3.8) is 0 Å². The molecule has 2 heterocycles. The molecule has 7 heteroatoms. The van der Waals surface area contributed by atoms with Crippen LogP contribution >= 0.6 is 15.9 Å². The number of halogens is 1. The molecule has 2 aromatic rings. The number of piperidine rings is 1. The second-order valence-electron chi connectivity index (χ2n) is 5.51. The minimum absolute atomic E-state index is 0.0704. The normalized spacial score (nSPS) is 14.5. The van der Waals surface area contributed by atoms with Crippen LogP contribution in [0.2, 0.25) is 0 Å². The van der Waals surface area contributed by atoms with E-state index in [1.165, 1.54) is 6.42 Å². The molecule has 4 N–H and O–H groups in total. The SMILES string of the molecule is N#Cc1c(N)nc(N)nc1-c1cc(Br)ccc1N1CCCCC1. The van der Waals surface area contributed by atoms with E-state index in [4.69, 9.17) is 11.5 Å². The summed E-state index contributed by atoms with van der Waals surface area (Å²) in [5, 5.41) is 9.45. The minimum Gasteiger partial charge on any atom is -0.382 e. The van der Waals surface area contributed by atoms with Crippen molar-refractivity contribution in [1.29, 1.82) is 5.26 Å². The van der Waals surface area contributed by atoms with Gasteiger partial charge in [0.15, 0.2) is 0 Å². The monoisotopic (exact) mass is 372 g/mol. The minimum atomic E-state index is 0.0704. The lowest BCUT2D eigenvalue weighted by Crippen LogP contribution is -2.29. The number of nitriles is 1. The smallest absolute Gasteiger partial charge is 0.222 e. The maximum absolute atomic E-state index is 9.45. The number of nitrogens with two attached hydrogens (primary N) is 2. The number of rotatable bonds is 2. The lowest BCUT2D eigenvalue weighted by Gasteiger charge is -2.30. The number of aromatic nitrogens is 2. The number of hydrogen-bond acceptors (Lipinski definition) is 6. The molecule has 0 aliphatic carbocycles. The van der Waals surface area contributed by atoms with Crippen molar-refractivity contribution in [1.82, 2.24) is 9.97 Å². The molecule has 0 amide bonds. The summed E-state index contributed by atoms with van der Waals surface area (Å²) in [6, 6.07) is 8.09. The summed E-state index contributed by atoms with van der Waals surface area (Å²) in [5.41, 5.74) is 14.2. The standard InChI is InChI=1S/C16H17BrN6/c17-10-4-5-13(23-6-2-1-3-7-23)11(8-10)14-12(9-18)15(19)22-16(20)21-14/h4-5,8H,1-3,6-7H2,(H4,19,20,21,22). The molecule has 0 radical (unpaired) electrons. The highest BCUT2D eigenvalue weighted by atomic mass is 79.9. The van der Waals surface area contributed by atoms with Crippen molar-refractivity contribution in [2.75, 3.05) is 29.5 Å². The van der Waals surface area contributed by atoms with Crippen LogP contribution < -0.4 is 16.4 Å². The van der Waals surface area contributed by atoms with Crippen molar-refractivity contribution in [2.24, 2.45) is 0 Å². The van der Waals surface area contributed by atoms with Gasteiger partial charge in [-0.25, -0.2) is 4.98 Å². The van der Waals surface area contributed by atoms with Crippen LogP contribution in [-0.4, -0.2) is 23.1 Å². The number of hydrogen-bond donors (Lipinski definition) is 2. The van der Waals surface area contributed by atoms with Gasteiger partial charge in [-0.1, -0.05) is 15.9 Å². The average molecular weight is 373 g/mol. The first-order valence-corrected chi connectivity index (χ1v) is 8.27. The maximum atomic E-state index is 9.45. The highest BCUT2D eigenvalue weighted by Gasteiger charge is 2.20. The van der Waals surface area contributed by atoms with E-state index in [-0.39, 0.29) is 17.3 Å². The first kappa shape index (κ1) is 15.6. The molecular weight excluding hydrogens is 356 g/mol. The molecule has 1 saturated heterocycles. The Morgan fingerprint density at radius 3 is 2.57 bits per heavy atom. The quantitative estimate of drug-likeness (QED) is 0.839. The second kappa shape index (κ2) is 6.42. The molecule has 0 atom stereocenters. The summed E-state index contributed by atoms with van der Waals surface area (Å²) in [4.78, 5) is 10.5. The third kappa shape index (κ3) is 3.08. The van der Waals surface area contributed by atoms with Gasteiger partial charge in [-0.05, 0) is 37.5 Å². The summed E-state index contributed by atoms with van der Waals surface area (Å²) in [5.74, 6) is 0.181. The molecule has 3 rings (SSSR count). The van der Waals surface area contributed by atoms with E-state index in [0.29, 0.717) is 5.69 Å². The average Bonchev–Trinajstić information content (AvgIpc) is 2.55. The Kier molecular flexibility index (Phi) is 4.35. The van der Waals surface area contributed by atoms with Crippen LogP contribution in [-0.2, 0) is 0 Å². The van der Waals surface area contributed by atoms with Crippen LogP contribution in [0.4, 0.5) is 17.5 Å². The van der Waals surface area contributed by atoms with Crippen LogP contribution in [0.1, 0.15) is 24.8 Å². The largest absolute Gasteiger partial charge is 0.382 e. The lowest BCUT2D eigenvalue weighted by molar-refractivity contribution is 0.578. The van der Waals surface area contributed by atoms with E-state index in [2.05, 4.69) is 36.9 Å². The number of anilines is 3. The topological polar surface area (TPSA) is 105 Å². The van der Waals surface area contributed by atoms with Crippen LogP contribution in [0.3, 0.4) is 0 Å². The van der Waals surface area contributed by atoms with E-state index in [9.17, 15) is 5.26 Å². The van der Waals surface area contributed by atoms with Gasteiger partial charge >= 0.3 is 0 Å². The molecule has 1 fully saturated rings. The van der Waals surface area contributed by atoms with E-state index in [1.807, 2.05) is 18.2 Å². The van der Waals surface area contributed by atoms with Crippen molar-refractivity contribution in [3.8, 4) is 17.3 Å². The summed E-state index contributed by atoms with van der Waals surface area (Å²) >= 11 is 3.49. The fourth-order valence-corrected chi connectivity index (χ4v) is 3.27. The van der Waals surface area contributed by atoms with Gasteiger partial charge in [0.2, 0.25) is 5.95 Å². The van der Waals surface area contributed by atoms with Crippen molar-refractivity contribution >= 4 is 33.4 Å². The molecule has 0 bridgehead atoms. The number of nitrogen functional groups attached to an aromatic ring is 2. The molecular formula is C16H17BrN6. The number of nitrogens with zero attached hydrogens (tertiary/aromatic N) is 4. The third-order valence-electron chi connectivity index (χ3n) is 3.98. The zero-order valence-corrected chi connectivity index (χ0v) is 14.2. The van der Waals surface area contributed by atoms with Gasteiger partial charge in [0.05, 0.1) is 5.69 Å². The molecule has 6 nitrogen and oxygen atoms in total. The Bertz CT molecular complexity index is 777. The number of benzene rings is 1. The highest BCUT2D eigenvalue weighted by Crippen LogP contribution is 2.36. The predicted octanol–water partition coefficient (Wildman–Crippen LogP) is 2.93. The van der Waals surface area contributed by atoms with Crippen LogP contribution in [0.25, 0.3) is 11.3 Å². The first-order valence-electron chi connectivity index (χ1n) is 7.48.